The Bertz CT molecular complexity index is 779. The van der Waals surface area contributed by atoms with E-state index < -0.39 is 9.84 Å². The van der Waals surface area contributed by atoms with Crippen molar-refractivity contribution in [3.05, 3.63) is 42.2 Å². The predicted molar refractivity (Wildman–Crippen MR) is 83.5 cm³/mol. The van der Waals surface area contributed by atoms with Crippen LogP contribution in [0.5, 0.6) is 0 Å². The van der Waals surface area contributed by atoms with Crippen LogP contribution in [0.25, 0.3) is 0 Å². The average molecular weight is 334 g/mol. The van der Waals surface area contributed by atoms with Crippen LogP contribution in [0.15, 0.2) is 41.6 Å². The molecule has 2 aromatic rings. The van der Waals surface area contributed by atoms with Gasteiger partial charge < -0.3 is 4.90 Å². The molecule has 1 fully saturated rings. The Hall–Kier alpha value is -2.22. The molecular formula is C15H18N4O3S. The molecule has 0 aliphatic carbocycles. The molecular weight excluding hydrogens is 316 g/mol. The van der Waals surface area contributed by atoms with Gasteiger partial charge in [-0.3, -0.25) is 4.79 Å². The number of rotatable bonds is 5. The van der Waals surface area contributed by atoms with Crippen LogP contribution < -0.4 is 0 Å². The number of benzene rings is 1. The number of hydrogen-bond donors (Lipinski definition) is 0. The Balaban J connectivity index is 1.48. The summed E-state index contributed by atoms with van der Waals surface area (Å²) < 4.78 is 24.6. The second-order valence-electron chi connectivity index (χ2n) is 5.75. The van der Waals surface area contributed by atoms with Crippen molar-refractivity contribution >= 4 is 15.7 Å². The SMILES string of the molecule is CS(=O)(=O)c1ccc(CCC(=O)N2CC(n3ccnn3)C2)cc1. The largest absolute Gasteiger partial charge is 0.338 e. The molecule has 1 aromatic carbocycles. The summed E-state index contributed by atoms with van der Waals surface area (Å²) in [5.74, 6) is 0.105. The van der Waals surface area contributed by atoms with Gasteiger partial charge in [0.1, 0.15) is 0 Å². The van der Waals surface area contributed by atoms with E-state index >= 15 is 0 Å². The molecule has 0 saturated carbocycles. The lowest BCUT2D eigenvalue weighted by molar-refractivity contribution is -0.137. The van der Waals surface area contributed by atoms with Gasteiger partial charge in [-0.05, 0) is 24.1 Å². The topological polar surface area (TPSA) is 85.2 Å². The summed E-state index contributed by atoms with van der Waals surface area (Å²) in [6.45, 7) is 1.32. The van der Waals surface area contributed by atoms with E-state index in [0.717, 1.165) is 5.56 Å². The van der Waals surface area contributed by atoms with Gasteiger partial charge in [0.05, 0.1) is 17.1 Å². The summed E-state index contributed by atoms with van der Waals surface area (Å²) in [4.78, 5) is 14.2. The van der Waals surface area contributed by atoms with Gasteiger partial charge in [0.2, 0.25) is 5.91 Å². The van der Waals surface area contributed by atoms with Crippen LogP contribution in [0, 0.1) is 0 Å². The Labute approximate surface area is 134 Å². The molecule has 7 nitrogen and oxygen atoms in total. The van der Waals surface area contributed by atoms with Gasteiger partial charge in [-0.15, -0.1) is 5.10 Å². The van der Waals surface area contributed by atoms with E-state index in [1.54, 1.807) is 46.2 Å². The molecule has 1 aliphatic rings. The smallest absolute Gasteiger partial charge is 0.223 e. The molecule has 1 amide bonds. The number of aryl methyl sites for hydroxylation is 1. The van der Waals surface area contributed by atoms with E-state index in [4.69, 9.17) is 0 Å². The molecule has 122 valence electrons. The predicted octanol–water partition coefficient (Wildman–Crippen LogP) is 0.698. The molecule has 2 heterocycles. The van der Waals surface area contributed by atoms with Gasteiger partial charge in [0, 0.05) is 32.0 Å². The van der Waals surface area contributed by atoms with E-state index in [1.165, 1.54) is 6.26 Å². The first kappa shape index (κ1) is 15.7. The average Bonchev–Trinajstić information content (AvgIpc) is 2.97. The van der Waals surface area contributed by atoms with Crippen LogP contribution >= 0.6 is 0 Å². The number of carbonyl (C=O) groups is 1. The number of sulfone groups is 1. The van der Waals surface area contributed by atoms with E-state index in [9.17, 15) is 13.2 Å². The third kappa shape index (κ3) is 3.58. The number of amides is 1. The lowest BCUT2D eigenvalue weighted by Crippen LogP contribution is -2.50. The van der Waals surface area contributed by atoms with Gasteiger partial charge >= 0.3 is 0 Å². The third-order valence-corrected chi connectivity index (χ3v) is 5.14. The number of aromatic nitrogens is 3. The lowest BCUT2D eigenvalue weighted by atomic mass is 10.1. The summed E-state index contributed by atoms with van der Waals surface area (Å²) in [6, 6.07) is 6.91. The van der Waals surface area contributed by atoms with E-state index in [1.807, 2.05) is 0 Å². The molecule has 0 bridgehead atoms. The second kappa shape index (κ2) is 6.11. The lowest BCUT2D eigenvalue weighted by Gasteiger charge is -2.38. The van der Waals surface area contributed by atoms with Crippen molar-refractivity contribution in [2.24, 2.45) is 0 Å². The van der Waals surface area contributed by atoms with Crippen LogP contribution in [0.3, 0.4) is 0 Å². The minimum Gasteiger partial charge on any atom is -0.338 e. The summed E-state index contributed by atoms with van der Waals surface area (Å²) in [7, 11) is -3.18. The highest BCUT2D eigenvalue weighted by Gasteiger charge is 2.31. The fraction of sp³-hybridized carbons (Fsp3) is 0.400. The summed E-state index contributed by atoms with van der Waals surface area (Å²) in [6.07, 6.45) is 5.64. The van der Waals surface area contributed by atoms with Crippen molar-refractivity contribution in [3.8, 4) is 0 Å². The minimum absolute atomic E-state index is 0.105. The molecule has 1 saturated heterocycles. The molecule has 0 N–H and O–H groups in total. The van der Waals surface area contributed by atoms with E-state index in [-0.39, 0.29) is 11.9 Å². The Kier molecular flexibility index (Phi) is 4.16. The standard InChI is InChI=1S/C15H18N4O3S/c1-23(21,22)14-5-2-12(3-6-14)4-7-15(20)18-10-13(11-18)19-9-8-16-17-19/h2-3,5-6,8-9,13H,4,7,10-11H2,1H3. The maximum Gasteiger partial charge on any atom is 0.223 e. The molecule has 0 spiro atoms. The van der Waals surface area contributed by atoms with Crippen molar-refractivity contribution in [2.45, 2.75) is 23.8 Å². The fourth-order valence-electron chi connectivity index (χ4n) is 2.55. The molecule has 1 aliphatic heterocycles. The highest BCUT2D eigenvalue weighted by molar-refractivity contribution is 7.90. The molecule has 8 heteroatoms. The Morgan fingerprint density at radius 1 is 1.26 bits per heavy atom. The van der Waals surface area contributed by atoms with Gasteiger partial charge in [-0.1, -0.05) is 17.3 Å². The molecule has 0 radical (unpaired) electrons. The highest BCUT2D eigenvalue weighted by Crippen LogP contribution is 2.21. The van der Waals surface area contributed by atoms with Crippen LogP contribution in [-0.2, 0) is 21.1 Å². The normalized spacial score (nSPS) is 15.4. The van der Waals surface area contributed by atoms with E-state index in [0.29, 0.717) is 30.8 Å². The zero-order valence-corrected chi connectivity index (χ0v) is 13.6. The molecule has 23 heavy (non-hydrogen) atoms. The minimum atomic E-state index is -3.18. The zero-order valence-electron chi connectivity index (χ0n) is 12.8. The first-order valence-electron chi connectivity index (χ1n) is 7.36. The molecule has 1 aromatic heterocycles. The van der Waals surface area contributed by atoms with Crippen molar-refractivity contribution in [1.82, 2.24) is 19.9 Å². The number of hydrogen-bond acceptors (Lipinski definition) is 5. The molecule has 0 atom stereocenters. The van der Waals surface area contributed by atoms with Gasteiger partial charge in [0.25, 0.3) is 0 Å². The van der Waals surface area contributed by atoms with Gasteiger partial charge in [-0.2, -0.15) is 0 Å². The highest BCUT2D eigenvalue weighted by atomic mass is 32.2. The molecule has 0 unspecified atom stereocenters. The van der Waals surface area contributed by atoms with Gasteiger partial charge in [0.15, 0.2) is 9.84 Å². The van der Waals surface area contributed by atoms with Crippen molar-refractivity contribution in [2.75, 3.05) is 19.3 Å². The number of carbonyl (C=O) groups excluding carboxylic acids is 1. The maximum atomic E-state index is 12.1. The van der Waals surface area contributed by atoms with Crippen LogP contribution in [0.2, 0.25) is 0 Å². The Morgan fingerprint density at radius 3 is 2.52 bits per heavy atom. The number of nitrogens with zero attached hydrogens (tertiary/aromatic N) is 4. The quantitative estimate of drug-likeness (QED) is 0.803. The first-order chi connectivity index (χ1) is 10.9. The van der Waals surface area contributed by atoms with Crippen molar-refractivity contribution in [3.63, 3.8) is 0 Å². The van der Waals surface area contributed by atoms with Crippen LogP contribution in [-0.4, -0.2) is 53.6 Å². The first-order valence-corrected chi connectivity index (χ1v) is 9.25. The summed E-state index contributed by atoms with van der Waals surface area (Å²) >= 11 is 0. The Morgan fingerprint density at radius 2 is 1.96 bits per heavy atom. The third-order valence-electron chi connectivity index (χ3n) is 4.01. The summed E-state index contributed by atoms with van der Waals surface area (Å²) in [5, 5.41) is 7.70. The fourth-order valence-corrected chi connectivity index (χ4v) is 3.18. The summed E-state index contributed by atoms with van der Waals surface area (Å²) in [5.41, 5.74) is 0.957. The van der Waals surface area contributed by atoms with Crippen molar-refractivity contribution < 1.29 is 13.2 Å². The maximum absolute atomic E-state index is 12.1. The number of likely N-dealkylation sites (tertiary alicyclic amines) is 1. The van der Waals surface area contributed by atoms with E-state index in [2.05, 4.69) is 10.3 Å². The van der Waals surface area contributed by atoms with Crippen molar-refractivity contribution in [1.29, 1.82) is 0 Å². The molecule has 3 rings (SSSR count). The second-order valence-corrected chi connectivity index (χ2v) is 7.77. The monoisotopic (exact) mass is 334 g/mol. The zero-order chi connectivity index (χ0) is 16.4. The van der Waals surface area contributed by atoms with Gasteiger partial charge in [-0.25, -0.2) is 13.1 Å². The van der Waals surface area contributed by atoms with Crippen LogP contribution in [0.1, 0.15) is 18.0 Å². The van der Waals surface area contributed by atoms with Crippen LogP contribution in [0.4, 0.5) is 0 Å².